The van der Waals surface area contributed by atoms with Crippen molar-refractivity contribution < 1.29 is 9.21 Å². The Morgan fingerprint density at radius 1 is 1.25 bits per heavy atom. The van der Waals surface area contributed by atoms with Gasteiger partial charge in [0.1, 0.15) is 11.5 Å². The van der Waals surface area contributed by atoms with Crippen molar-refractivity contribution in [1.29, 1.82) is 0 Å². The Morgan fingerprint density at radius 2 is 2.04 bits per heavy atom. The second-order valence-electron chi connectivity index (χ2n) is 5.84. The number of aryl methyl sites for hydroxylation is 3. The largest absolute Gasteiger partial charge is 0.466 e. The van der Waals surface area contributed by atoms with Crippen molar-refractivity contribution >= 4 is 16.8 Å². The van der Waals surface area contributed by atoms with Crippen LogP contribution in [0, 0.1) is 13.8 Å². The van der Waals surface area contributed by atoms with Crippen LogP contribution in [0.4, 0.5) is 0 Å². The van der Waals surface area contributed by atoms with Crippen LogP contribution in [0.15, 0.2) is 39.5 Å². The van der Waals surface area contributed by atoms with Crippen molar-refractivity contribution in [1.82, 2.24) is 15.1 Å². The summed E-state index contributed by atoms with van der Waals surface area (Å²) in [7, 11) is 1.72. The zero-order valence-electron chi connectivity index (χ0n) is 13.9. The number of furan rings is 1. The van der Waals surface area contributed by atoms with E-state index in [1.54, 1.807) is 17.8 Å². The van der Waals surface area contributed by atoms with E-state index in [-0.39, 0.29) is 11.1 Å². The summed E-state index contributed by atoms with van der Waals surface area (Å²) in [6.07, 6.45) is 0.562. The smallest absolute Gasteiger partial charge is 0.275 e. The number of carbonyl (C=O) groups excluding carboxylic acids is 1. The third kappa shape index (κ3) is 3.08. The van der Waals surface area contributed by atoms with E-state index in [0.29, 0.717) is 23.9 Å². The lowest BCUT2D eigenvalue weighted by molar-refractivity contribution is 0.0946. The maximum atomic E-state index is 12.6. The average molecular weight is 325 g/mol. The number of carbonyl (C=O) groups is 1. The Hall–Kier alpha value is -2.89. The number of nitrogens with zero attached hydrogens (tertiary/aromatic N) is 2. The monoisotopic (exact) mass is 325 g/mol. The number of amides is 1. The van der Waals surface area contributed by atoms with E-state index in [4.69, 9.17) is 4.42 Å². The summed E-state index contributed by atoms with van der Waals surface area (Å²) in [5, 5.41) is 7.36. The zero-order chi connectivity index (χ0) is 17.3. The molecule has 0 aliphatic heterocycles. The van der Waals surface area contributed by atoms with E-state index >= 15 is 0 Å². The van der Waals surface area contributed by atoms with Crippen molar-refractivity contribution in [2.45, 2.75) is 20.3 Å². The number of aromatic nitrogens is 2. The minimum Gasteiger partial charge on any atom is -0.466 e. The molecule has 0 atom stereocenters. The summed E-state index contributed by atoms with van der Waals surface area (Å²) in [5.41, 5.74) is 1.22. The fourth-order valence-corrected chi connectivity index (χ4v) is 2.64. The zero-order valence-corrected chi connectivity index (χ0v) is 13.9. The molecule has 0 radical (unpaired) electrons. The summed E-state index contributed by atoms with van der Waals surface area (Å²) >= 11 is 0. The number of hydrogen-bond donors (Lipinski definition) is 1. The van der Waals surface area contributed by atoms with Crippen LogP contribution in [-0.4, -0.2) is 22.2 Å². The summed E-state index contributed by atoms with van der Waals surface area (Å²) in [6.45, 7) is 4.15. The first-order chi connectivity index (χ1) is 11.5. The van der Waals surface area contributed by atoms with Crippen molar-refractivity contribution in [3.63, 3.8) is 0 Å². The van der Waals surface area contributed by atoms with Crippen LogP contribution >= 0.6 is 0 Å². The number of rotatable bonds is 4. The van der Waals surface area contributed by atoms with Gasteiger partial charge in [-0.25, -0.2) is 0 Å². The first-order valence-corrected chi connectivity index (χ1v) is 7.77. The molecule has 2 heterocycles. The summed E-state index contributed by atoms with van der Waals surface area (Å²) in [6, 6.07) is 9.27. The molecule has 6 nitrogen and oxygen atoms in total. The Bertz CT molecular complexity index is 969. The fraction of sp³-hybridized carbons (Fsp3) is 0.278. The number of nitrogens with one attached hydrogen (secondary N) is 1. The molecule has 2 aromatic heterocycles. The molecule has 124 valence electrons. The van der Waals surface area contributed by atoms with Crippen LogP contribution in [-0.2, 0) is 13.5 Å². The van der Waals surface area contributed by atoms with Gasteiger partial charge in [-0.15, -0.1) is 0 Å². The average Bonchev–Trinajstić information content (AvgIpc) is 2.96. The van der Waals surface area contributed by atoms with Gasteiger partial charge in [-0.05, 0) is 38.1 Å². The molecule has 0 aliphatic rings. The van der Waals surface area contributed by atoms with Gasteiger partial charge in [-0.3, -0.25) is 14.3 Å². The van der Waals surface area contributed by atoms with Gasteiger partial charge >= 0.3 is 0 Å². The van der Waals surface area contributed by atoms with Gasteiger partial charge in [0.25, 0.3) is 5.91 Å². The number of fused-ring (bicyclic) bond motifs is 1. The molecule has 0 aliphatic carbocycles. The van der Waals surface area contributed by atoms with Crippen LogP contribution < -0.4 is 10.7 Å². The topological polar surface area (TPSA) is 77.1 Å². The van der Waals surface area contributed by atoms with Crippen LogP contribution in [0.3, 0.4) is 0 Å². The minimum atomic E-state index is -0.470. The Morgan fingerprint density at radius 3 is 2.75 bits per heavy atom. The van der Waals surface area contributed by atoms with Crippen molar-refractivity contribution in [2.24, 2.45) is 7.05 Å². The fourth-order valence-electron chi connectivity index (χ4n) is 2.64. The van der Waals surface area contributed by atoms with E-state index in [0.717, 1.165) is 17.1 Å². The SMILES string of the molecule is Cc1ccc2c(c1)c(=O)c(C(=O)NCCc1ccc(C)o1)nn2C. The van der Waals surface area contributed by atoms with Gasteiger partial charge in [0.15, 0.2) is 5.69 Å². The third-order valence-electron chi connectivity index (χ3n) is 3.88. The van der Waals surface area contributed by atoms with E-state index in [9.17, 15) is 9.59 Å². The highest BCUT2D eigenvalue weighted by atomic mass is 16.3. The van der Waals surface area contributed by atoms with Crippen LogP contribution in [0.25, 0.3) is 10.9 Å². The van der Waals surface area contributed by atoms with E-state index in [1.807, 2.05) is 38.1 Å². The van der Waals surface area contributed by atoms with E-state index in [2.05, 4.69) is 10.4 Å². The molecule has 0 unspecified atom stereocenters. The number of hydrogen-bond acceptors (Lipinski definition) is 4. The van der Waals surface area contributed by atoms with E-state index in [1.165, 1.54) is 0 Å². The van der Waals surface area contributed by atoms with Gasteiger partial charge in [0, 0.05) is 20.0 Å². The normalized spacial score (nSPS) is 11.0. The Balaban J connectivity index is 1.82. The molecule has 0 bridgehead atoms. The van der Waals surface area contributed by atoms with Gasteiger partial charge in [-0.1, -0.05) is 11.6 Å². The lowest BCUT2D eigenvalue weighted by atomic mass is 10.1. The maximum absolute atomic E-state index is 12.6. The molecule has 6 heteroatoms. The lowest BCUT2D eigenvalue weighted by Gasteiger charge is -2.08. The van der Waals surface area contributed by atoms with Gasteiger partial charge in [-0.2, -0.15) is 5.10 Å². The van der Waals surface area contributed by atoms with Crippen LogP contribution in [0.5, 0.6) is 0 Å². The van der Waals surface area contributed by atoms with Crippen LogP contribution in [0.1, 0.15) is 27.6 Å². The first-order valence-electron chi connectivity index (χ1n) is 7.77. The predicted octanol–water partition coefficient (Wildman–Crippen LogP) is 2.12. The second-order valence-corrected chi connectivity index (χ2v) is 5.84. The first kappa shape index (κ1) is 16.0. The quantitative estimate of drug-likeness (QED) is 0.797. The molecule has 1 aromatic carbocycles. The molecule has 0 saturated heterocycles. The molecular formula is C18H19N3O3. The summed E-state index contributed by atoms with van der Waals surface area (Å²) in [4.78, 5) is 24.9. The Kier molecular flexibility index (Phi) is 4.20. The Labute approximate surface area is 139 Å². The van der Waals surface area contributed by atoms with Gasteiger partial charge in [0.2, 0.25) is 5.43 Å². The molecular weight excluding hydrogens is 306 g/mol. The minimum absolute atomic E-state index is 0.0915. The molecule has 0 spiro atoms. The highest BCUT2D eigenvalue weighted by Gasteiger charge is 2.16. The molecule has 1 amide bonds. The predicted molar refractivity (Wildman–Crippen MR) is 91.2 cm³/mol. The lowest BCUT2D eigenvalue weighted by Crippen LogP contribution is -2.33. The van der Waals surface area contributed by atoms with Crippen LogP contribution in [0.2, 0.25) is 0 Å². The second kappa shape index (κ2) is 6.31. The van der Waals surface area contributed by atoms with Crippen molar-refractivity contribution in [3.05, 3.63) is 63.3 Å². The highest BCUT2D eigenvalue weighted by Crippen LogP contribution is 2.11. The molecule has 0 fully saturated rings. The van der Waals surface area contributed by atoms with E-state index < -0.39 is 5.91 Å². The standard InChI is InChI=1S/C18H19N3O3/c1-11-4-7-15-14(10-11)17(22)16(20-21(15)3)18(23)19-9-8-13-6-5-12(2)24-13/h4-7,10H,8-9H2,1-3H3,(H,19,23). The maximum Gasteiger partial charge on any atom is 0.275 e. The van der Waals surface area contributed by atoms with Gasteiger partial charge < -0.3 is 9.73 Å². The van der Waals surface area contributed by atoms with Gasteiger partial charge in [0.05, 0.1) is 10.9 Å². The van der Waals surface area contributed by atoms with Crippen molar-refractivity contribution in [3.8, 4) is 0 Å². The third-order valence-corrected chi connectivity index (χ3v) is 3.88. The van der Waals surface area contributed by atoms with Crippen molar-refractivity contribution in [2.75, 3.05) is 6.54 Å². The summed E-state index contributed by atoms with van der Waals surface area (Å²) in [5.74, 6) is 1.15. The molecule has 3 rings (SSSR count). The number of benzene rings is 1. The molecule has 1 N–H and O–H groups in total. The summed E-state index contributed by atoms with van der Waals surface area (Å²) < 4.78 is 7.01. The molecule has 24 heavy (non-hydrogen) atoms. The molecule has 3 aromatic rings. The highest BCUT2D eigenvalue weighted by molar-refractivity contribution is 5.95. The molecule has 0 saturated carbocycles.